The molecule has 0 saturated heterocycles. The van der Waals surface area contributed by atoms with Crippen molar-refractivity contribution in [2.75, 3.05) is 23.4 Å². The van der Waals surface area contributed by atoms with Crippen LogP contribution in [0.15, 0.2) is 54.6 Å². The minimum absolute atomic E-state index is 0.137. The van der Waals surface area contributed by atoms with Gasteiger partial charge in [0.15, 0.2) is 6.10 Å². The van der Waals surface area contributed by atoms with Gasteiger partial charge in [0.25, 0.3) is 5.91 Å². The molecule has 1 heterocycles. The summed E-state index contributed by atoms with van der Waals surface area (Å²) in [6.45, 7) is 3.66. The number of benzene rings is 2. The summed E-state index contributed by atoms with van der Waals surface area (Å²) in [5.74, 6) is -0.417. The Balaban J connectivity index is 1.66. The van der Waals surface area contributed by atoms with Gasteiger partial charge in [-0.1, -0.05) is 24.3 Å². The predicted octanol–water partition coefficient (Wildman–Crippen LogP) is 3.02. The van der Waals surface area contributed by atoms with Gasteiger partial charge in [-0.25, -0.2) is 4.79 Å². The number of fused-ring (bicyclic) bond motifs is 1. The Morgan fingerprint density at radius 1 is 1.17 bits per heavy atom. The first kappa shape index (κ1) is 20.1. The Kier molecular flexibility index (Phi) is 6.29. The second kappa shape index (κ2) is 9.05. The zero-order valence-electron chi connectivity index (χ0n) is 16.3. The normalized spacial score (nSPS) is 15.4. The molecule has 150 valence electrons. The monoisotopic (exact) mass is 394 g/mol. The molecule has 3 rings (SSSR count). The Morgan fingerprint density at radius 2 is 1.90 bits per heavy atom. The first-order valence-electron chi connectivity index (χ1n) is 9.27. The summed E-state index contributed by atoms with van der Waals surface area (Å²) in [7, 11) is 0. The molecule has 0 bridgehead atoms. The molecular formula is C22H22N2O5. The van der Waals surface area contributed by atoms with E-state index in [4.69, 9.17) is 9.47 Å². The molecule has 0 aliphatic carbocycles. The van der Waals surface area contributed by atoms with Crippen molar-refractivity contribution in [1.82, 2.24) is 0 Å². The maximum Gasteiger partial charge on any atom is 0.330 e. The molecule has 0 fully saturated rings. The summed E-state index contributed by atoms with van der Waals surface area (Å²) >= 11 is 0. The average Bonchev–Trinajstić information content (AvgIpc) is 2.72. The maximum atomic E-state index is 12.7. The van der Waals surface area contributed by atoms with Crippen molar-refractivity contribution in [2.24, 2.45) is 0 Å². The van der Waals surface area contributed by atoms with Crippen molar-refractivity contribution in [2.45, 2.75) is 20.0 Å². The van der Waals surface area contributed by atoms with Gasteiger partial charge in [-0.3, -0.25) is 9.59 Å². The standard InChI is InChI=1S/C22H22N2O5/c1-3-28-21(26)13-10-16-8-11-17(12-9-16)23-22(27)20-14-24(15(2)25)18-6-4-5-7-19(18)29-20/h4-13,20H,3,14H2,1-2H3,(H,23,27). The average molecular weight is 394 g/mol. The van der Waals surface area contributed by atoms with Crippen molar-refractivity contribution in [1.29, 1.82) is 0 Å². The van der Waals surface area contributed by atoms with Gasteiger partial charge in [0.1, 0.15) is 5.75 Å². The fourth-order valence-electron chi connectivity index (χ4n) is 2.92. The second-order valence-corrected chi connectivity index (χ2v) is 6.40. The lowest BCUT2D eigenvalue weighted by molar-refractivity contribution is -0.137. The number of nitrogens with zero attached hydrogens (tertiary/aromatic N) is 1. The van der Waals surface area contributed by atoms with Gasteiger partial charge in [-0.15, -0.1) is 0 Å². The van der Waals surface area contributed by atoms with Crippen LogP contribution < -0.4 is 15.0 Å². The number of hydrogen-bond acceptors (Lipinski definition) is 5. The summed E-state index contributed by atoms with van der Waals surface area (Å²) in [5, 5.41) is 2.80. The third-order valence-electron chi connectivity index (χ3n) is 4.32. The highest BCUT2D eigenvalue weighted by Gasteiger charge is 2.32. The third kappa shape index (κ3) is 5.01. The van der Waals surface area contributed by atoms with Crippen LogP contribution in [0.2, 0.25) is 0 Å². The molecule has 1 atom stereocenters. The topological polar surface area (TPSA) is 84.9 Å². The van der Waals surface area contributed by atoms with Gasteiger partial charge in [-0.2, -0.15) is 0 Å². The molecule has 0 radical (unpaired) electrons. The van der Waals surface area contributed by atoms with Crippen LogP contribution in [0.4, 0.5) is 11.4 Å². The van der Waals surface area contributed by atoms with Crippen molar-refractivity contribution >= 4 is 35.2 Å². The molecule has 0 saturated carbocycles. The number of nitrogens with one attached hydrogen (secondary N) is 1. The highest BCUT2D eigenvalue weighted by Crippen LogP contribution is 2.33. The van der Waals surface area contributed by atoms with Crippen LogP contribution >= 0.6 is 0 Å². The Labute approximate surface area is 168 Å². The fourth-order valence-corrected chi connectivity index (χ4v) is 2.92. The number of ether oxygens (including phenoxy) is 2. The summed E-state index contributed by atoms with van der Waals surface area (Å²) < 4.78 is 10.6. The molecule has 0 aromatic heterocycles. The van der Waals surface area contributed by atoms with Gasteiger partial charge >= 0.3 is 5.97 Å². The van der Waals surface area contributed by atoms with Crippen molar-refractivity contribution in [3.8, 4) is 5.75 Å². The van der Waals surface area contributed by atoms with Crippen molar-refractivity contribution in [3.63, 3.8) is 0 Å². The first-order valence-corrected chi connectivity index (χ1v) is 9.27. The first-order chi connectivity index (χ1) is 14.0. The third-order valence-corrected chi connectivity index (χ3v) is 4.32. The van der Waals surface area contributed by atoms with E-state index >= 15 is 0 Å². The highest BCUT2D eigenvalue weighted by atomic mass is 16.5. The van der Waals surface area contributed by atoms with Crippen LogP contribution in [-0.2, 0) is 19.1 Å². The number of esters is 1. The largest absolute Gasteiger partial charge is 0.476 e. The van der Waals surface area contributed by atoms with E-state index in [0.29, 0.717) is 23.7 Å². The molecule has 2 amide bonds. The van der Waals surface area contributed by atoms with E-state index in [9.17, 15) is 14.4 Å². The number of anilines is 2. The van der Waals surface area contributed by atoms with Gasteiger partial charge < -0.3 is 19.7 Å². The van der Waals surface area contributed by atoms with Crippen LogP contribution in [0, 0.1) is 0 Å². The van der Waals surface area contributed by atoms with E-state index in [0.717, 1.165) is 5.56 Å². The molecule has 1 unspecified atom stereocenters. The molecule has 1 aliphatic heterocycles. The van der Waals surface area contributed by atoms with Gasteiger partial charge in [-0.05, 0) is 42.8 Å². The van der Waals surface area contributed by atoms with Gasteiger partial charge in [0.05, 0.1) is 18.8 Å². The SMILES string of the molecule is CCOC(=O)C=Cc1ccc(NC(=O)C2CN(C(C)=O)c3ccccc3O2)cc1. The number of para-hydroxylation sites is 2. The lowest BCUT2D eigenvalue weighted by atomic mass is 10.1. The summed E-state index contributed by atoms with van der Waals surface area (Å²) in [5.41, 5.74) is 2.03. The summed E-state index contributed by atoms with van der Waals surface area (Å²) in [6.07, 6.45) is 2.16. The summed E-state index contributed by atoms with van der Waals surface area (Å²) in [4.78, 5) is 37.5. The number of carbonyl (C=O) groups excluding carboxylic acids is 3. The Morgan fingerprint density at radius 3 is 2.59 bits per heavy atom. The van der Waals surface area contributed by atoms with Crippen LogP contribution in [0.1, 0.15) is 19.4 Å². The van der Waals surface area contributed by atoms with Crippen molar-refractivity contribution < 1.29 is 23.9 Å². The number of amides is 2. The predicted molar refractivity (Wildman–Crippen MR) is 110 cm³/mol. The molecule has 1 aliphatic rings. The van der Waals surface area contributed by atoms with Crippen LogP contribution in [0.25, 0.3) is 6.08 Å². The second-order valence-electron chi connectivity index (χ2n) is 6.40. The van der Waals surface area contributed by atoms with E-state index in [-0.39, 0.29) is 18.4 Å². The number of rotatable bonds is 5. The molecule has 1 N–H and O–H groups in total. The van der Waals surface area contributed by atoms with Crippen LogP contribution in [0.5, 0.6) is 5.75 Å². The molecule has 7 nitrogen and oxygen atoms in total. The van der Waals surface area contributed by atoms with E-state index in [1.54, 1.807) is 55.5 Å². The fraction of sp³-hybridized carbons (Fsp3) is 0.227. The molecular weight excluding hydrogens is 372 g/mol. The minimum atomic E-state index is -0.822. The van der Waals surface area contributed by atoms with Gasteiger partial charge in [0.2, 0.25) is 5.91 Å². The summed E-state index contributed by atoms with van der Waals surface area (Å²) in [6, 6.07) is 14.1. The zero-order chi connectivity index (χ0) is 20.8. The minimum Gasteiger partial charge on any atom is -0.476 e. The zero-order valence-corrected chi connectivity index (χ0v) is 16.3. The lowest BCUT2D eigenvalue weighted by Crippen LogP contribution is -2.48. The Hall–Kier alpha value is -3.61. The highest BCUT2D eigenvalue weighted by molar-refractivity contribution is 5.99. The lowest BCUT2D eigenvalue weighted by Gasteiger charge is -2.33. The maximum absolute atomic E-state index is 12.7. The van der Waals surface area contributed by atoms with E-state index in [1.807, 2.05) is 6.07 Å². The molecule has 7 heteroatoms. The molecule has 0 spiro atoms. The quantitative estimate of drug-likeness (QED) is 0.622. The molecule has 29 heavy (non-hydrogen) atoms. The van der Waals surface area contributed by atoms with Crippen molar-refractivity contribution in [3.05, 3.63) is 60.2 Å². The number of carbonyl (C=O) groups is 3. The van der Waals surface area contributed by atoms with Crippen LogP contribution in [0.3, 0.4) is 0 Å². The number of hydrogen-bond donors (Lipinski definition) is 1. The Bertz CT molecular complexity index is 936. The molecule has 2 aromatic rings. The smallest absolute Gasteiger partial charge is 0.330 e. The van der Waals surface area contributed by atoms with E-state index < -0.39 is 12.1 Å². The van der Waals surface area contributed by atoms with E-state index in [2.05, 4.69) is 5.32 Å². The van der Waals surface area contributed by atoms with Crippen LogP contribution in [-0.4, -0.2) is 37.0 Å². The van der Waals surface area contributed by atoms with Gasteiger partial charge in [0, 0.05) is 18.7 Å². The molecule has 2 aromatic carbocycles. The van der Waals surface area contributed by atoms with E-state index in [1.165, 1.54) is 17.9 Å².